The van der Waals surface area contributed by atoms with Gasteiger partial charge in [-0.3, -0.25) is 0 Å². The van der Waals surface area contributed by atoms with Gasteiger partial charge in [-0.2, -0.15) is 4.39 Å². The van der Waals surface area contributed by atoms with Crippen LogP contribution < -0.4 is 9.64 Å². The summed E-state index contributed by atoms with van der Waals surface area (Å²) in [6.45, 7) is 5.03. The summed E-state index contributed by atoms with van der Waals surface area (Å²) in [5, 5.41) is 0. The number of methoxy groups -OCH3 is 1. The highest BCUT2D eigenvalue weighted by molar-refractivity contribution is 7.98. The Morgan fingerprint density at radius 1 is 1.28 bits per heavy atom. The number of hydrogen-bond donors (Lipinski definition) is 0. The van der Waals surface area contributed by atoms with E-state index in [-0.39, 0.29) is 5.41 Å². The average molecular weight is 478 g/mol. The number of rotatable bonds is 7. The van der Waals surface area contributed by atoms with Crippen LogP contribution in [0.3, 0.4) is 0 Å². The molecule has 3 rings (SSSR count). The highest BCUT2D eigenvalue weighted by Crippen LogP contribution is 2.46. The fourth-order valence-corrected chi connectivity index (χ4v) is 6.16. The lowest BCUT2D eigenvalue weighted by atomic mass is 9.83. The van der Waals surface area contributed by atoms with Crippen molar-refractivity contribution in [2.75, 3.05) is 30.6 Å². The first kappa shape index (κ1) is 24.5. The first-order valence-electron chi connectivity index (χ1n) is 10.4. The molecule has 1 heterocycles. The van der Waals surface area contributed by atoms with Gasteiger partial charge in [-0.15, -0.1) is 11.8 Å². The number of benzene rings is 2. The Hall–Kier alpha value is -2.16. The molecule has 0 saturated heterocycles. The highest BCUT2D eigenvalue weighted by atomic mass is 32.2. The quantitative estimate of drug-likeness (QED) is 0.164. The second-order valence-electron chi connectivity index (χ2n) is 7.66. The maximum atomic E-state index is 13.9. The number of carbonyl (C=O) groups excluding carboxylic acids is 1. The molecule has 0 aliphatic carbocycles. The van der Waals surface area contributed by atoms with E-state index in [0.717, 1.165) is 49.0 Å². The van der Waals surface area contributed by atoms with Crippen molar-refractivity contribution in [3.8, 4) is 5.75 Å². The molecule has 0 aromatic heterocycles. The maximum Gasteiger partial charge on any atom is 0.370 e. The molecule has 0 bridgehead atoms. The third kappa shape index (κ3) is 5.08. The minimum absolute atomic E-state index is 0.114. The highest BCUT2D eigenvalue weighted by Gasteiger charge is 2.41. The summed E-state index contributed by atoms with van der Waals surface area (Å²) in [7, 11) is 1.10. The lowest BCUT2D eigenvalue weighted by Crippen LogP contribution is -2.37. The van der Waals surface area contributed by atoms with Gasteiger partial charge in [0.05, 0.1) is 17.7 Å². The van der Waals surface area contributed by atoms with Gasteiger partial charge in [-0.25, -0.2) is 4.79 Å². The Kier molecular flexibility index (Phi) is 8.14. The van der Waals surface area contributed by atoms with Gasteiger partial charge in [0.1, 0.15) is 17.8 Å². The second kappa shape index (κ2) is 10.6. The summed E-state index contributed by atoms with van der Waals surface area (Å²) in [5.41, 5.74) is 1.76. The Morgan fingerprint density at radius 2 is 1.97 bits per heavy atom. The van der Waals surface area contributed by atoms with Gasteiger partial charge >= 0.3 is 5.97 Å². The molecule has 0 N–H and O–H groups in total. The van der Waals surface area contributed by atoms with Gasteiger partial charge in [-0.05, 0) is 48.5 Å². The van der Waals surface area contributed by atoms with E-state index in [4.69, 9.17) is 4.74 Å². The van der Waals surface area contributed by atoms with Crippen LogP contribution in [-0.2, 0) is 20.7 Å². The smallest absolute Gasteiger partial charge is 0.370 e. The number of thioether (sulfide) groups is 1. The molecule has 172 valence electrons. The van der Waals surface area contributed by atoms with Gasteiger partial charge in [0.15, 0.2) is 4.90 Å². The van der Waals surface area contributed by atoms with Crippen LogP contribution in [0.15, 0.2) is 64.3 Å². The van der Waals surface area contributed by atoms with E-state index in [9.17, 15) is 13.7 Å². The lowest BCUT2D eigenvalue weighted by Gasteiger charge is -2.34. The van der Waals surface area contributed by atoms with Crippen LogP contribution in [0, 0.1) is 5.41 Å². The lowest BCUT2D eigenvalue weighted by molar-refractivity contribution is -0.137. The molecule has 0 fully saturated rings. The summed E-state index contributed by atoms with van der Waals surface area (Å²) in [4.78, 5) is 15.0. The predicted molar refractivity (Wildman–Crippen MR) is 128 cm³/mol. The molecule has 0 amide bonds. The third-order valence-electron chi connectivity index (χ3n) is 5.95. The Balaban J connectivity index is 2.13. The zero-order chi connectivity index (χ0) is 23.3. The van der Waals surface area contributed by atoms with E-state index >= 15 is 0 Å². The minimum atomic E-state index is -1.28. The monoisotopic (exact) mass is 477 g/mol. The van der Waals surface area contributed by atoms with Gasteiger partial charge in [-0.1, -0.05) is 32.0 Å². The van der Waals surface area contributed by atoms with E-state index in [2.05, 4.69) is 23.5 Å². The summed E-state index contributed by atoms with van der Waals surface area (Å²) in [5.74, 6) is -1.38. The van der Waals surface area contributed by atoms with E-state index < -0.39 is 23.0 Å². The summed E-state index contributed by atoms with van der Waals surface area (Å²) < 4.78 is 37.3. The van der Waals surface area contributed by atoms with Crippen LogP contribution in [0.25, 0.3) is 0 Å². The SMILES string of the molecule is CCC1(CC)CN(c2ccccc2)c2cc(SC)c(O/C=C(\F)C(=O)OC)cc2[S+]([O-])C1. The molecule has 5 nitrogen and oxygen atoms in total. The van der Waals surface area contributed by atoms with E-state index in [1.54, 1.807) is 6.07 Å². The number of hydrogen-bond acceptors (Lipinski definition) is 6. The summed E-state index contributed by atoms with van der Waals surface area (Å²) in [6, 6.07) is 13.7. The summed E-state index contributed by atoms with van der Waals surface area (Å²) >= 11 is 0.154. The Bertz CT molecular complexity index is 979. The number of anilines is 2. The molecule has 2 aromatic carbocycles. The molecule has 1 aliphatic rings. The first-order valence-corrected chi connectivity index (χ1v) is 13.0. The first-order chi connectivity index (χ1) is 15.4. The second-order valence-corrected chi connectivity index (χ2v) is 9.93. The van der Waals surface area contributed by atoms with Gasteiger partial charge in [0.2, 0.25) is 5.83 Å². The van der Waals surface area contributed by atoms with Gasteiger partial charge in [0.25, 0.3) is 0 Å². The van der Waals surface area contributed by atoms with Crippen molar-refractivity contribution >= 4 is 40.3 Å². The molecule has 1 atom stereocenters. The molecular formula is C24H28FNO4S2. The molecule has 32 heavy (non-hydrogen) atoms. The molecule has 1 aliphatic heterocycles. The van der Waals surface area contributed by atoms with Crippen molar-refractivity contribution in [1.82, 2.24) is 0 Å². The fraction of sp³-hybridized carbons (Fsp3) is 0.375. The molecule has 8 heteroatoms. The van der Waals surface area contributed by atoms with Crippen LogP contribution in [0.5, 0.6) is 5.75 Å². The molecule has 1 unspecified atom stereocenters. The average Bonchev–Trinajstić information content (AvgIpc) is 2.96. The molecule has 0 saturated carbocycles. The molecule has 0 radical (unpaired) electrons. The largest absolute Gasteiger partial charge is 0.611 e. The number of fused-ring (bicyclic) bond motifs is 1. The molecular weight excluding hydrogens is 449 g/mol. The standard InChI is InChI=1S/C24H28FNO4S2/c1-5-24(6-2)15-26(17-10-8-7-9-11-17)19-12-21(31-4)20(13-22(19)32(28)16-24)30-14-18(25)23(27)29-3/h7-14H,5-6,15-16H2,1-4H3/b18-14-. The van der Waals surface area contributed by atoms with Crippen LogP contribution in [0.2, 0.25) is 0 Å². The number of nitrogens with zero attached hydrogens (tertiary/aromatic N) is 1. The number of halogens is 1. The maximum absolute atomic E-state index is 13.9. The number of ether oxygens (including phenoxy) is 2. The Labute approximate surface area is 196 Å². The number of carbonyl (C=O) groups is 1. The van der Waals surface area contributed by atoms with Crippen LogP contribution in [0.4, 0.5) is 15.8 Å². The van der Waals surface area contributed by atoms with Crippen molar-refractivity contribution in [3.05, 3.63) is 54.6 Å². The zero-order valence-corrected chi connectivity index (χ0v) is 20.4. The summed E-state index contributed by atoms with van der Waals surface area (Å²) in [6.07, 6.45) is 4.42. The topological polar surface area (TPSA) is 61.8 Å². The van der Waals surface area contributed by atoms with Crippen molar-refractivity contribution in [2.45, 2.75) is 36.5 Å². The van der Waals surface area contributed by atoms with Crippen molar-refractivity contribution < 1.29 is 23.2 Å². The van der Waals surface area contributed by atoms with Gasteiger partial charge < -0.3 is 18.9 Å². The van der Waals surface area contributed by atoms with Crippen molar-refractivity contribution in [1.29, 1.82) is 0 Å². The van der Waals surface area contributed by atoms with Crippen LogP contribution >= 0.6 is 11.8 Å². The van der Waals surface area contributed by atoms with Crippen LogP contribution in [-0.4, -0.2) is 36.2 Å². The van der Waals surface area contributed by atoms with Crippen molar-refractivity contribution in [3.63, 3.8) is 0 Å². The fourth-order valence-electron chi connectivity index (χ4n) is 3.77. The number of para-hydroxylation sites is 1. The van der Waals surface area contributed by atoms with Crippen molar-refractivity contribution in [2.24, 2.45) is 5.41 Å². The van der Waals surface area contributed by atoms with E-state index in [1.807, 2.05) is 42.7 Å². The zero-order valence-electron chi connectivity index (χ0n) is 18.7. The van der Waals surface area contributed by atoms with E-state index in [0.29, 0.717) is 16.4 Å². The number of esters is 1. The third-order valence-corrected chi connectivity index (χ3v) is 8.40. The minimum Gasteiger partial charge on any atom is -0.611 e. The van der Waals surface area contributed by atoms with Crippen LogP contribution in [0.1, 0.15) is 26.7 Å². The predicted octanol–water partition coefficient (Wildman–Crippen LogP) is 5.84. The normalized spacial score (nSPS) is 18.0. The molecule has 0 spiro atoms. The van der Waals surface area contributed by atoms with Gasteiger partial charge in [0, 0.05) is 23.7 Å². The molecule has 2 aromatic rings. The Morgan fingerprint density at radius 3 is 2.56 bits per heavy atom. The van der Waals surface area contributed by atoms with E-state index in [1.165, 1.54) is 11.8 Å².